The molecular weight excluding hydrogens is 216 g/mol. The maximum absolute atomic E-state index is 11.0. The number of furan rings is 1. The quantitative estimate of drug-likeness (QED) is 0.728. The van der Waals surface area contributed by atoms with Crippen LogP contribution in [-0.4, -0.2) is 26.0 Å². The van der Waals surface area contributed by atoms with Crippen molar-refractivity contribution in [3.63, 3.8) is 0 Å². The van der Waals surface area contributed by atoms with Gasteiger partial charge in [0.15, 0.2) is 16.6 Å². The van der Waals surface area contributed by atoms with Crippen LogP contribution in [0.5, 0.6) is 0 Å². The molecular formula is C8H8N4O2S. The van der Waals surface area contributed by atoms with Crippen LogP contribution in [0.25, 0.3) is 0 Å². The van der Waals surface area contributed by atoms with Crippen molar-refractivity contribution < 1.29 is 9.21 Å². The zero-order valence-electron chi connectivity index (χ0n) is 8.17. The number of ketones is 1. The van der Waals surface area contributed by atoms with E-state index in [0.29, 0.717) is 16.0 Å². The van der Waals surface area contributed by atoms with Crippen LogP contribution in [0.4, 0.5) is 0 Å². The third kappa shape index (κ3) is 2.07. The van der Waals surface area contributed by atoms with E-state index in [1.54, 1.807) is 19.2 Å². The lowest BCUT2D eigenvalue weighted by molar-refractivity contribution is 0.0982. The first-order valence-electron chi connectivity index (χ1n) is 4.18. The highest BCUT2D eigenvalue weighted by atomic mass is 32.2. The molecule has 0 radical (unpaired) electrons. The molecule has 78 valence electrons. The molecule has 0 amide bonds. The van der Waals surface area contributed by atoms with Gasteiger partial charge in [-0.05, 0) is 34.3 Å². The number of carbonyl (C=O) groups is 1. The first-order chi connectivity index (χ1) is 7.16. The molecule has 2 heterocycles. The smallest absolute Gasteiger partial charge is 0.216 e. The van der Waals surface area contributed by atoms with Crippen molar-refractivity contribution in [3.05, 3.63) is 17.9 Å². The second-order valence-corrected chi connectivity index (χ2v) is 3.83. The van der Waals surface area contributed by atoms with Crippen LogP contribution in [0, 0.1) is 0 Å². The Balaban J connectivity index is 2.18. The Morgan fingerprint density at radius 3 is 2.87 bits per heavy atom. The van der Waals surface area contributed by atoms with Gasteiger partial charge in [-0.25, -0.2) is 4.68 Å². The van der Waals surface area contributed by atoms with E-state index in [2.05, 4.69) is 15.5 Å². The van der Waals surface area contributed by atoms with Gasteiger partial charge >= 0.3 is 0 Å². The van der Waals surface area contributed by atoms with Crippen LogP contribution in [0.2, 0.25) is 0 Å². The van der Waals surface area contributed by atoms with E-state index in [9.17, 15) is 4.79 Å². The molecule has 0 saturated heterocycles. The van der Waals surface area contributed by atoms with Crippen LogP contribution in [0.1, 0.15) is 17.5 Å². The van der Waals surface area contributed by atoms with Gasteiger partial charge < -0.3 is 4.42 Å². The highest BCUT2D eigenvalue weighted by Gasteiger charge is 2.10. The van der Waals surface area contributed by atoms with Crippen molar-refractivity contribution in [1.82, 2.24) is 20.2 Å². The topological polar surface area (TPSA) is 73.8 Å². The molecule has 0 aliphatic carbocycles. The lowest BCUT2D eigenvalue weighted by Gasteiger charge is -1.93. The SMILES string of the molecule is CC(=O)c1ccc(Sc2nnnn2C)o1. The summed E-state index contributed by atoms with van der Waals surface area (Å²) in [7, 11) is 1.73. The van der Waals surface area contributed by atoms with E-state index in [0.717, 1.165) is 0 Å². The van der Waals surface area contributed by atoms with E-state index in [1.165, 1.54) is 23.4 Å². The number of Topliss-reactive ketones (excluding diaryl/α,β-unsaturated/α-hetero) is 1. The molecule has 2 aromatic rings. The van der Waals surface area contributed by atoms with Crippen molar-refractivity contribution >= 4 is 17.5 Å². The van der Waals surface area contributed by atoms with E-state index >= 15 is 0 Å². The summed E-state index contributed by atoms with van der Waals surface area (Å²) in [6.07, 6.45) is 0. The Labute approximate surface area is 89.6 Å². The van der Waals surface area contributed by atoms with Crippen molar-refractivity contribution in [1.29, 1.82) is 0 Å². The molecule has 0 bridgehead atoms. The fourth-order valence-corrected chi connectivity index (χ4v) is 1.66. The number of carbonyl (C=O) groups excluding carboxylic acids is 1. The standard InChI is InChI=1S/C8H8N4O2S/c1-5(13)6-3-4-7(14-6)15-8-9-10-11-12(8)2/h3-4H,1-2H3. The van der Waals surface area contributed by atoms with Gasteiger partial charge in [-0.15, -0.1) is 5.10 Å². The summed E-state index contributed by atoms with van der Waals surface area (Å²) >= 11 is 1.27. The van der Waals surface area contributed by atoms with Gasteiger partial charge in [-0.1, -0.05) is 0 Å². The summed E-state index contributed by atoms with van der Waals surface area (Å²) in [4.78, 5) is 11.0. The normalized spacial score (nSPS) is 10.5. The molecule has 0 N–H and O–H groups in total. The molecule has 0 unspecified atom stereocenters. The zero-order valence-corrected chi connectivity index (χ0v) is 8.98. The largest absolute Gasteiger partial charge is 0.446 e. The maximum Gasteiger partial charge on any atom is 0.216 e. The molecule has 0 spiro atoms. The lowest BCUT2D eigenvalue weighted by Crippen LogP contribution is -1.92. The molecule has 7 heteroatoms. The van der Waals surface area contributed by atoms with Gasteiger partial charge in [-0.2, -0.15) is 0 Å². The Morgan fingerprint density at radius 1 is 1.53 bits per heavy atom. The highest BCUT2D eigenvalue weighted by molar-refractivity contribution is 7.99. The molecule has 15 heavy (non-hydrogen) atoms. The minimum atomic E-state index is -0.0991. The van der Waals surface area contributed by atoms with Crippen molar-refractivity contribution in [2.45, 2.75) is 17.2 Å². The molecule has 0 fully saturated rings. The zero-order chi connectivity index (χ0) is 10.8. The van der Waals surface area contributed by atoms with Crippen LogP contribution < -0.4 is 0 Å². The molecule has 0 atom stereocenters. The number of tetrazole rings is 1. The van der Waals surface area contributed by atoms with Crippen LogP contribution >= 0.6 is 11.8 Å². The number of aryl methyl sites for hydroxylation is 1. The van der Waals surface area contributed by atoms with E-state index in [-0.39, 0.29) is 5.78 Å². The van der Waals surface area contributed by atoms with Crippen LogP contribution in [-0.2, 0) is 7.05 Å². The van der Waals surface area contributed by atoms with Gasteiger partial charge in [-0.3, -0.25) is 4.79 Å². The first kappa shape index (κ1) is 9.91. The average molecular weight is 224 g/mol. The van der Waals surface area contributed by atoms with Crippen molar-refractivity contribution in [2.24, 2.45) is 7.05 Å². The Kier molecular flexibility index (Phi) is 2.55. The number of rotatable bonds is 3. The minimum Gasteiger partial charge on any atom is -0.446 e. The van der Waals surface area contributed by atoms with Crippen molar-refractivity contribution in [2.75, 3.05) is 0 Å². The molecule has 0 aromatic carbocycles. The third-order valence-electron chi connectivity index (χ3n) is 1.70. The second-order valence-electron chi connectivity index (χ2n) is 2.86. The summed E-state index contributed by atoms with van der Waals surface area (Å²) in [5.41, 5.74) is 0. The van der Waals surface area contributed by atoms with E-state index < -0.39 is 0 Å². The van der Waals surface area contributed by atoms with E-state index in [1.807, 2.05) is 0 Å². The number of hydrogen-bond acceptors (Lipinski definition) is 6. The van der Waals surface area contributed by atoms with Crippen molar-refractivity contribution in [3.8, 4) is 0 Å². The average Bonchev–Trinajstić information content (AvgIpc) is 2.77. The molecule has 2 rings (SSSR count). The Hall–Kier alpha value is -1.63. The molecule has 0 aliphatic heterocycles. The monoisotopic (exact) mass is 224 g/mol. The summed E-state index contributed by atoms with van der Waals surface area (Å²) in [5, 5.41) is 12.2. The summed E-state index contributed by atoms with van der Waals surface area (Å²) < 4.78 is 6.81. The predicted molar refractivity (Wildman–Crippen MR) is 51.6 cm³/mol. The Morgan fingerprint density at radius 2 is 2.33 bits per heavy atom. The highest BCUT2D eigenvalue weighted by Crippen LogP contribution is 2.26. The number of hydrogen-bond donors (Lipinski definition) is 0. The number of aromatic nitrogens is 4. The van der Waals surface area contributed by atoms with Gasteiger partial charge in [0.05, 0.1) is 0 Å². The molecule has 0 saturated carbocycles. The van der Waals surface area contributed by atoms with Gasteiger partial charge in [0.25, 0.3) is 0 Å². The minimum absolute atomic E-state index is 0.0991. The van der Waals surface area contributed by atoms with Gasteiger partial charge in [0.2, 0.25) is 5.16 Å². The van der Waals surface area contributed by atoms with E-state index in [4.69, 9.17) is 4.42 Å². The predicted octanol–water partition coefficient (Wildman–Crippen LogP) is 1.16. The third-order valence-corrected chi connectivity index (χ3v) is 2.65. The maximum atomic E-state index is 11.0. The summed E-state index contributed by atoms with van der Waals surface area (Å²) in [6, 6.07) is 3.35. The van der Waals surface area contributed by atoms with Crippen LogP contribution in [0.3, 0.4) is 0 Å². The fourth-order valence-electron chi connectivity index (χ4n) is 0.962. The molecule has 2 aromatic heterocycles. The van der Waals surface area contributed by atoms with Crippen LogP contribution in [0.15, 0.2) is 26.8 Å². The lowest BCUT2D eigenvalue weighted by atomic mass is 10.3. The fraction of sp³-hybridized carbons (Fsp3) is 0.250. The first-order valence-corrected chi connectivity index (χ1v) is 4.99. The molecule has 0 aliphatic rings. The van der Waals surface area contributed by atoms with Gasteiger partial charge in [0.1, 0.15) is 0 Å². The Bertz CT molecular complexity index is 490. The second kappa shape index (κ2) is 3.85. The molecule has 6 nitrogen and oxygen atoms in total. The van der Waals surface area contributed by atoms with Gasteiger partial charge in [0, 0.05) is 14.0 Å². The number of nitrogens with zero attached hydrogens (tertiary/aromatic N) is 4. The summed E-state index contributed by atoms with van der Waals surface area (Å²) in [6.45, 7) is 1.46. The summed E-state index contributed by atoms with van der Waals surface area (Å²) in [5.74, 6) is 0.241.